The Morgan fingerprint density at radius 1 is 1.00 bits per heavy atom. The van der Waals surface area contributed by atoms with Gasteiger partial charge in [0, 0.05) is 31.6 Å². The average Bonchev–Trinajstić information content (AvgIpc) is 2.67. The topological polar surface area (TPSA) is 86.8 Å². The van der Waals surface area contributed by atoms with Crippen molar-refractivity contribution < 1.29 is 18.0 Å². The fourth-order valence-corrected chi connectivity index (χ4v) is 3.88. The van der Waals surface area contributed by atoms with Gasteiger partial charge in [0.1, 0.15) is 0 Å². The first-order valence-electron chi connectivity index (χ1n) is 8.37. The highest BCUT2D eigenvalue weighted by molar-refractivity contribution is 7.98. The second kappa shape index (κ2) is 9.22. The molecule has 2 aromatic rings. The molecular formula is C19H23N3O4S2. The van der Waals surface area contributed by atoms with Crippen molar-refractivity contribution >= 4 is 39.3 Å². The number of nitrogens with zero attached hydrogens (tertiary/aromatic N) is 2. The van der Waals surface area contributed by atoms with Crippen molar-refractivity contribution in [2.75, 3.05) is 39.3 Å². The predicted molar refractivity (Wildman–Crippen MR) is 111 cm³/mol. The molecule has 0 spiro atoms. The number of nitrogens with one attached hydrogen (secondary N) is 1. The molecule has 0 heterocycles. The second-order valence-electron chi connectivity index (χ2n) is 6.22. The van der Waals surface area contributed by atoms with E-state index in [1.54, 1.807) is 6.07 Å². The number of hydrogen-bond acceptors (Lipinski definition) is 5. The standard InChI is InChI=1S/C19H23N3O4S2/c1-21(2)28(25,26)15-11-9-14(10-12-15)19(24)22(3)13-18(23)20-16-7-5-6-8-17(16)27-4/h5-12H,13H2,1-4H3,(H,20,23). The molecule has 150 valence electrons. The Morgan fingerprint density at radius 2 is 1.61 bits per heavy atom. The number of benzene rings is 2. The van der Waals surface area contributed by atoms with Crippen LogP contribution in [0, 0.1) is 0 Å². The maximum absolute atomic E-state index is 12.5. The second-order valence-corrected chi connectivity index (χ2v) is 9.22. The molecule has 0 saturated heterocycles. The van der Waals surface area contributed by atoms with Crippen molar-refractivity contribution in [2.45, 2.75) is 9.79 Å². The van der Waals surface area contributed by atoms with Crippen LogP contribution in [0.5, 0.6) is 0 Å². The molecule has 0 atom stereocenters. The van der Waals surface area contributed by atoms with Gasteiger partial charge < -0.3 is 10.2 Å². The van der Waals surface area contributed by atoms with Crippen molar-refractivity contribution in [1.29, 1.82) is 0 Å². The smallest absolute Gasteiger partial charge is 0.254 e. The zero-order valence-electron chi connectivity index (χ0n) is 16.2. The molecule has 1 N–H and O–H groups in total. The van der Waals surface area contributed by atoms with Gasteiger partial charge in [-0.2, -0.15) is 0 Å². The lowest BCUT2D eigenvalue weighted by molar-refractivity contribution is -0.116. The molecule has 2 amide bonds. The molecule has 0 saturated carbocycles. The number of para-hydroxylation sites is 1. The van der Waals surface area contributed by atoms with E-state index in [-0.39, 0.29) is 23.3 Å². The Balaban J connectivity index is 2.05. The Labute approximate surface area is 169 Å². The Kier molecular flexibility index (Phi) is 7.22. The van der Waals surface area contributed by atoms with Gasteiger partial charge in [-0.05, 0) is 42.7 Å². The normalized spacial score (nSPS) is 11.3. The minimum Gasteiger partial charge on any atom is -0.332 e. The molecule has 0 aromatic heterocycles. The Hall–Kier alpha value is -2.36. The van der Waals surface area contributed by atoms with Gasteiger partial charge in [0.05, 0.1) is 17.1 Å². The molecule has 9 heteroatoms. The molecule has 0 unspecified atom stereocenters. The van der Waals surface area contributed by atoms with Crippen LogP contribution in [0.25, 0.3) is 0 Å². The van der Waals surface area contributed by atoms with E-state index >= 15 is 0 Å². The summed E-state index contributed by atoms with van der Waals surface area (Å²) >= 11 is 1.52. The first-order valence-corrected chi connectivity index (χ1v) is 11.0. The average molecular weight is 422 g/mol. The summed E-state index contributed by atoms with van der Waals surface area (Å²) in [4.78, 5) is 27.1. The number of rotatable bonds is 7. The third kappa shape index (κ3) is 5.12. The third-order valence-corrected chi connectivity index (χ3v) is 6.61. The molecule has 0 aliphatic carbocycles. The lowest BCUT2D eigenvalue weighted by Gasteiger charge is -2.18. The minimum absolute atomic E-state index is 0.100. The zero-order valence-corrected chi connectivity index (χ0v) is 17.8. The monoisotopic (exact) mass is 421 g/mol. The third-order valence-electron chi connectivity index (χ3n) is 3.99. The van der Waals surface area contributed by atoms with Crippen LogP contribution in [-0.2, 0) is 14.8 Å². The Bertz CT molecular complexity index is 957. The highest BCUT2D eigenvalue weighted by Crippen LogP contribution is 2.24. The van der Waals surface area contributed by atoms with Crippen LogP contribution in [0.1, 0.15) is 10.4 Å². The van der Waals surface area contributed by atoms with Crippen LogP contribution < -0.4 is 5.32 Å². The van der Waals surface area contributed by atoms with Crippen LogP contribution in [-0.4, -0.2) is 63.4 Å². The first-order chi connectivity index (χ1) is 13.2. The number of amides is 2. The molecule has 28 heavy (non-hydrogen) atoms. The molecule has 0 radical (unpaired) electrons. The summed E-state index contributed by atoms with van der Waals surface area (Å²) in [5.74, 6) is -0.689. The summed E-state index contributed by atoms with van der Waals surface area (Å²) in [7, 11) is 0.844. The van der Waals surface area contributed by atoms with Crippen molar-refractivity contribution in [3.63, 3.8) is 0 Å². The van der Waals surface area contributed by atoms with Gasteiger partial charge in [-0.15, -0.1) is 11.8 Å². The van der Waals surface area contributed by atoms with Crippen molar-refractivity contribution in [1.82, 2.24) is 9.21 Å². The SMILES string of the molecule is CSc1ccccc1NC(=O)CN(C)C(=O)c1ccc(S(=O)(=O)N(C)C)cc1. The summed E-state index contributed by atoms with van der Waals surface area (Å²) in [5, 5.41) is 2.80. The number of carbonyl (C=O) groups is 2. The van der Waals surface area contributed by atoms with Crippen LogP contribution >= 0.6 is 11.8 Å². The number of carbonyl (C=O) groups excluding carboxylic acids is 2. The summed E-state index contributed by atoms with van der Waals surface area (Å²) in [6.45, 7) is -0.126. The molecule has 0 aliphatic rings. The van der Waals surface area contributed by atoms with Crippen molar-refractivity contribution in [3.05, 3.63) is 54.1 Å². The fraction of sp³-hybridized carbons (Fsp3) is 0.263. The van der Waals surface area contributed by atoms with Crippen LogP contribution in [0.2, 0.25) is 0 Å². The van der Waals surface area contributed by atoms with E-state index in [0.29, 0.717) is 11.3 Å². The Morgan fingerprint density at radius 3 is 2.18 bits per heavy atom. The van der Waals surface area contributed by atoms with Gasteiger partial charge in [-0.25, -0.2) is 12.7 Å². The number of anilines is 1. The highest BCUT2D eigenvalue weighted by atomic mass is 32.2. The van der Waals surface area contributed by atoms with Gasteiger partial charge in [0.2, 0.25) is 15.9 Å². The van der Waals surface area contributed by atoms with E-state index in [9.17, 15) is 18.0 Å². The minimum atomic E-state index is -3.56. The van der Waals surface area contributed by atoms with Crippen LogP contribution in [0.3, 0.4) is 0 Å². The van der Waals surface area contributed by atoms with Crippen LogP contribution in [0.4, 0.5) is 5.69 Å². The van der Waals surface area contributed by atoms with E-state index in [4.69, 9.17) is 0 Å². The fourth-order valence-electron chi connectivity index (χ4n) is 2.43. The molecule has 2 rings (SSSR count). The highest BCUT2D eigenvalue weighted by Gasteiger charge is 2.19. The van der Waals surface area contributed by atoms with Crippen molar-refractivity contribution in [2.24, 2.45) is 0 Å². The summed E-state index contributed by atoms with van der Waals surface area (Å²) < 4.78 is 25.3. The zero-order chi connectivity index (χ0) is 20.9. The lowest BCUT2D eigenvalue weighted by atomic mass is 10.2. The first kappa shape index (κ1) is 21.9. The predicted octanol–water partition coefficient (Wildman–Crippen LogP) is 2.37. The summed E-state index contributed by atoms with van der Waals surface area (Å²) in [5.41, 5.74) is 0.997. The molecular weight excluding hydrogens is 398 g/mol. The van der Waals surface area contributed by atoms with Gasteiger partial charge in [-0.1, -0.05) is 12.1 Å². The van der Waals surface area contributed by atoms with E-state index in [0.717, 1.165) is 9.20 Å². The van der Waals surface area contributed by atoms with Gasteiger partial charge in [0.15, 0.2) is 0 Å². The molecule has 0 bridgehead atoms. The van der Waals surface area contributed by atoms with Crippen molar-refractivity contribution in [3.8, 4) is 0 Å². The van der Waals surface area contributed by atoms with Gasteiger partial charge in [-0.3, -0.25) is 9.59 Å². The van der Waals surface area contributed by atoms with Gasteiger partial charge in [0.25, 0.3) is 5.91 Å². The summed E-state index contributed by atoms with van der Waals surface area (Å²) in [6, 6.07) is 13.1. The summed E-state index contributed by atoms with van der Waals surface area (Å²) in [6.07, 6.45) is 1.92. The maximum Gasteiger partial charge on any atom is 0.254 e. The lowest BCUT2D eigenvalue weighted by Crippen LogP contribution is -2.35. The largest absolute Gasteiger partial charge is 0.332 e. The quantitative estimate of drug-likeness (QED) is 0.694. The number of thioether (sulfide) groups is 1. The maximum atomic E-state index is 12.5. The number of likely N-dealkylation sites (N-methyl/N-ethyl adjacent to an activating group) is 1. The van der Waals surface area contributed by atoms with E-state index < -0.39 is 10.0 Å². The van der Waals surface area contributed by atoms with Crippen LogP contribution in [0.15, 0.2) is 58.3 Å². The molecule has 0 fully saturated rings. The van der Waals surface area contributed by atoms with Gasteiger partial charge >= 0.3 is 0 Å². The van der Waals surface area contributed by atoms with E-state index in [1.165, 1.54) is 62.1 Å². The van der Waals surface area contributed by atoms with E-state index in [2.05, 4.69) is 5.32 Å². The number of sulfonamides is 1. The van der Waals surface area contributed by atoms with E-state index in [1.807, 2.05) is 24.5 Å². The molecule has 2 aromatic carbocycles. The number of hydrogen-bond donors (Lipinski definition) is 1. The molecule has 7 nitrogen and oxygen atoms in total. The molecule has 0 aliphatic heterocycles.